The highest BCUT2D eigenvalue weighted by atomic mass is 16.5. The normalized spacial score (nSPS) is 15.3. The quantitative estimate of drug-likeness (QED) is 0.737. The van der Waals surface area contributed by atoms with Crippen LogP contribution in [-0.2, 0) is 6.54 Å². The molecule has 15 heavy (non-hydrogen) atoms. The van der Waals surface area contributed by atoms with Gasteiger partial charge in [-0.2, -0.15) is 0 Å². The Bertz CT molecular complexity index is 310. The molecule has 2 rings (SSSR count). The summed E-state index contributed by atoms with van der Waals surface area (Å²) in [4.78, 5) is 0. The van der Waals surface area contributed by atoms with Crippen molar-refractivity contribution >= 4 is 0 Å². The van der Waals surface area contributed by atoms with Crippen LogP contribution < -0.4 is 15.8 Å². The molecular weight excluding hydrogens is 188 g/mol. The number of hydrogen-bond acceptors (Lipinski definition) is 3. The summed E-state index contributed by atoms with van der Waals surface area (Å²) in [5.74, 6) is 0.913. The summed E-state index contributed by atoms with van der Waals surface area (Å²) in [6.07, 6.45) is 2.65. The molecule has 1 fully saturated rings. The fourth-order valence-electron chi connectivity index (χ4n) is 1.47. The van der Waals surface area contributed by atoms with Crippen LogP contribution in [0, 0.1) is 0 Å². The summed E-state index contributed by atoms with van der Waals surface area (Å²) in [5.41, 5.74) is 6.66. The molecule has 3 heteroatoms. The van der Waals surface area contributed by atoms with Gasteiger partial charge in [0.05, 0.1) is 0 Å². The van der Waals surface area contributed by atoms with E-state index in [1.165, 1.54) is 18.4 Å². The van der Waals surface area contributed by atoms with Gasteiger partial charge in [-0.15, -0.1) is 0 Å². The van der Waals surface area contributed by atoms with Crippen molar-refractivity contribution < 1.29 is 4.74 Å². The van der Waals surface area contributed by atoms with E-state index in [9.17, 15) is 0 Å². The smallest absolute Gasteiger partial charge is 0.119 e. The summed E-state index contributed by atoms with van der Waals surface area (Å²) in [6, 6.07) is 8.93. The van der Waals surface area contributed by atoms with Gasteiger partial charge in [-0.05, 0) is 30.5 Å². The minimum Gasteiger partial charge on any atom is -0.492 e. The molecule has 0 bridgehead atoms. The van der Waals surface area contributed by atoms with Crippen molar-refractivity contribution in [2.24, 2.45) is 5.73 Å². The van der Waals surface area contributed by atoms with Gasteiger partial charge in [0.15, 0.2) is 0 Å². The Kier molecular flexibility index (Phi) is 3.59. The Balaban J connectivity index is 1.85. The van der Waals surface area contributed by atoms with Gasteiger partial charge in [0.1, 0.15) is 12.4 Å². The maximum Gasteiger partial charge on any atom is 0.119 e. The highest BCUT2D eigenvalue weighted by Crippen LogP contribution is 2.20. The lowest BCUT2D eigenvalue weighted by atomic mass is 10.2. The van der Waals surface area contributed by atoms with Crippen molar-refractivity contribution in [2.45, 2.75) is 25.4 Å². The summed E-state index contributed by atoms with van der Waals surface area (Å²) in [5, 5.41) is 3.48. The molecule has 0 aromatic heterocycles. The minimum absolute atomic E-state index is 0.560. The monoisotopic (exact) mass is 206 g/mol. The van der Waals surface area contributed by atoms with Gasteiger partial charge in [-0.3, -0.25) is 0 Å². The average Bonchev–Trinajstić information content (AvgIpc) is 3.08. The standard InChI is InChI=1S/C12H18N2O/c13-6-7-15-12-3-1-2-10(8-12)9-14-11-4-5-11/h1-3,8,11,14H,4-7,9,13H2. The third kappa shape index (κ3) is 3.53. The second kappa shape index (κ2) is 5.14. The maximum absolute atomic E-state index is 5.47. The molecule has 1 aromatic carbocycles. The second-order valence-corrected chi connectivity index (χ2v) is 3.94. The summed E-state index contributed by atoms with van der Waals surface area (Å²) >= 11 is 0. The Hall–Kier alpha value is -1.06. The van der Waals surface area contributed by atoms with Crippen LogP contribution in [0.3, 0.4) is 0 Å². The van der Waals surface area contributed by atoms with Crippen molar-refractivity contribution in [3.8, 4) is 5.75 Å². The van der Waals surface area contributed by atoms with Gasteiger partial charge >= 0.3 is 0 Å². The number of hydrogen-bond donors (Lipinski definition) is 2. The molecule has 1 aromatic rings. The van der Waals surface area contributed by atoms with Gasteiger partial charge in [0.2, 0.25) is 0 Å². The summed E-state index contributed by atoms with van der Waals surface area (Å²) in [7, 11) is 0. The highest BCUT2D eigenvalue weighted by molar-refractivity contribution is 5.28. The molecule has 3 nitrogen and oxygen atoms in total. The van der Waals surface area contributed by atoms with Crippen LogP contribution in [-0.4, -0.2) is 19.2 Å². The first-order valence-corrected chi connectivity index (χ1v) is 5.53. The number of nitrogens with two attached hydrogens (primary N) is 1. The van der Waals surface area contributed by atoms with Gasteiger partial charge in [0, 0.05) is 19.1 Å². The van der Waals surface area contributed by atoms with E-state index in [1.807, 2.05) is 12.1 Å². The molecule has 82 valence electrons. The van der Waals surface area contributed by atoms with E-state index in [0.717, 1.165) is 18.3 Å². The van der Waals surface area contributed by atoms with Crippen LogP contribution in [0.4, 0.5) is 0 Å². The highest BCUT2D eigenvalue weighted by Gasteiger charge is 2.19. The lowest BCUT2D eigenvalue weighted by molar-refractivity contribution is 0.328. The molecule has 1 saturated carbocycles. The molecule has 3 N–H and O–H groups in total. The molecule has 0 unspecified atom stereocenters. The van der Waals surface area contributed by atoms with Crippen LogP contribution in [0.25, 0.3) is 0 Å². The van der Waals surface area contributed by atoms with Crippen molar-refractivity contribution in [3.63, 3.8) is 0 Å². The first kappa shape index (κ1) is 10.5. The van der Waals surface area contributed by atoms with Crippen LogP contribution in [0.5, 0.6) is 5.75 Å². The predicted octanol–water partition coefficient (Wildman–Crippen LogP) is 1.28. The molecule has 0 amide bonds. The van der Waals surface area contributed by atoms with Crippen molar-refractivity contribution in [1.82, 2.24) is 5.32 Å². The predicted molar refractivity (Wildman–Crippen MR) is 60.9 cm³/mol. The molecular formula is C12H18N2O. The topological polar surface area (TPSA) is 47.3 Å². The van der Waals surface area contributed by atoms with Gasteiger partial charge in [-0.1, -0.05) is 12.1 Å². The molecule has 0 spiro atoms. The first-order valence-electron chi connectivity index (χ1n) is 5.53. The molecule has 1 aliphatic rings. The minimum atomic E-state index is 0.560. The Morgan fingerprint density at radius 3 is 3.00 bits per heavy atom. The summed E-state index contributed by atoms with van der Waals surface area (Å²) < 4.78 is 5.47. The van der Waals surface area contributed by atoms with Crippen molar-refractivity contribution in [3.05, 3.63) is 29.8 Å². The van der Waals surface area contributed by atoms with E-state index in [2.05, 4.69) is 17.4 Å². The SMILES string of the molecule is NCCOc1cccc(CNC2CC2)c1. The number of nitrogens with one attached hydrogen (secondary N) is 1. The second-order valence-electron chi connectivity index (χ2n) is 3.94. The maximum atomic E-state index is 5.47. The lowest BCUT2D eigenvalue weighted by Gasteiger charge is -2.07. The third-order valence-electron chi connectivity index (χ3n) is 2.46. The third-order valence-corrected chi connectivity index (χ3v) is 2.46. The van der Waals surface area contributed by atoms with Crippen molar-refractivity contribution in [2.75, 3.05) is 13.2 Å². The van der Waals surface area contributed by atoms with E-state index >= 15 is 0 Å². The van der Waals surface area contributed by atoms with E-state index < -0.39 is 0 Å². The molecule has 0 atom stereocenters. The van der Waals surface area contributed by atoms with Gasteiger partial charge < -0.3 is 15.8 Å². The fraction of sp³-hybridized carbons (Fsp3) is 0.500. The molecule has 0 heterocycles. The van der Waals surface area contributed by atoms with E-state index in [4.69, 9.17) is 10.5 Å². The fourth-order valence-corrected chi connectivity index (χ4v) is 1.47. The number of ether oxygens (including phenoxy) is 1. The van der Waals surface area contributed by atoms with E-state index in [0.29, 0.717) is 13.2 Å². The zero-order chi connectivity index (χ0) is 10.5. The van der Waals surface area contributed by atoms with Gasteiger partial charge in [-0.25, -0.2) is 0 Å². The van der Waals surface area contributed by atoms with Crippen LogP contribution in [0.15, 0.2) is 24.3 Å². The average molecular weight is 206 g/mol. The van der Waals surface area contributed by atoms with Crippen LogP contribution in [0.1, 0.15) is 18.4 Å². The van der Waals surface area contributed by atoms with E-state index in [1.54, 1.807) is 0 Å². The Labute approximate surface area is 90.6 Å². The Morgan fingerprint density at radius 1 is 1.40 bits per heavy atom. The van der Waals surface area contributed by atoms with Crippen LogP contribution in [0.2, 0.25) is 0 Å². The Morgan fingerprint density at radius 2 is 2.27 bits per heavy atom. The molecule has 1 aliphatic carbocycles. The number of benzene rings is 1. The zero-order valence-electron chi connectivity index (χ0n) is 8.91. The van der Waals surface area contributed by atoms with Gasteiger partial charge in [0.25, 0.3) is 0 Å². The molecule has 0 saturated heterocycles. The zero-order valence-corrected chi connectivity index (χ0v) is 8.91. The van der Waals surface area contributed by atoms with Crippen LogP contribution >= 0.6 is 0 Å². The van der Waals surface area contributed by atoms with E-state index in [-0.39, 0.29) is 0 Å². The largest absolute Gasteiger partial charge is 0.492 e. The summed E-state index contributed by atoms with van der Waals surface area (Å²) in [6.45, 7) is 2.08. The first-order chi connectivity index (χ1) is 7.38. The molecule has 0 aliphatic heterocycles. The number of rotatable bonds is 6. The molecule has 0 radical (unpaired) electrons. The van der Waals surface area contributed by atoms with Crippen molar-refractivity contribution in [1.29, 1.82) is 0 Å². The lowest BCUT2D eigenvalue weighted by Crippen LogP contribution is -2.15.